The fourth-order valence-electron chi connectivity index (χ4n) is 3.52. The van der Waals surface area contributed by atoms with Gasteiger partial charge in [-0.1, -0.05) is 55.4 Å². The van der Waals surface area contributed by atoms with Crippen LogP contribution in [0.15, 0.2) is 58.2 Å². The first-order valence-corrected chi connectivity index (χ1v) is 10.4. The normalized spacial score (nSPS) is 17.0. The van der Waals surface area contributed by atoms with E-state index < -0.39 is 11.9 Å². The van der Waals surface area contributed by atoms with Crippen LogP contribution >= 0.6 is 0 Å². The Morgan fingerprint density at radius 1 is 1.03 bits per heavy atom. The van der Waals surface area contributed by atoms with Crippen LogP contribution < -0.4 is 0 Å². The second-order valence-corrected chi connectivity index (χ2v) is 8.03. The molecule has 0 amide bonds. The van der Waals surface area contributed by atoms with Crippen molar-refractivity contribution >= 4 is 11.9 Å². The van der Waals surface area contributed by atoms with Crippen molar-refractivity contribution in [1.82, 2.24) is 0 Å². The highest BCUT2D eigenvalue weighted by Gasteiger charge is 2.26. The molecular formula is C25H36O4. The summed E-state index contributed by atoms with van der Waals surface area (Å²) in [6.07, 6.45) is 13.5. The Labute approximate surface area is 176 Å². The zero-order valence-corrected chi connectivity index (χ0v) is 19.1. The second-order valence-electron chi connectivity index (χ2n) is 8.03. The van der Waals surface area contributed by atoms with E-state index in [9.17, 15) is 9.59 Å². The fraction of sp³-hybridized carbons (Fsp3) is 0.520. The molecule has 1 rings (SSSR count). The highest BCUT2D eigenvalue weighted by atomic mass is 16.6. The lowest BCUT2D eigenvalue weighted by Crippen LogP contribution is -2.19. The van der Waals surface area contributed by atoms with E-state index in [1.807, 2.05) is 19.1 Å². The third kappa shape index (κ3) is 7.52. The summed E-state index contributed by atoms with van der Waals surface area (Å²) in [7, 11) is 0. The number of esters is 2. The zero-order valence-electron chi connectivity index (χ0n) is 19.1. The molecule has 0 heterocycles. The molecule has 0 aromatic heterocycles. The van der Waals surface area contributed by atoms with Crippen molar-refractivity contribution in [2.45, 2.75) is 67.7 Å². The van der Waals surface area contributed by atoms with Gasteiger partial charge in [0.15, 0.2) is 0 Å². The van der Waals surface area contributed by atoms with Crippen LogP contribution in [0, 0.1) is 5.41 Å². The Morgan fingerprint density at radius 3 is 2.14 bits per heavy atom. The Hall–Kier alpha value is -2.36. The smallest absolute Gasteiger partial charge is 0.345 e. The lowest BCUT2D eigenvalue weighted by atomic mass is 9.72. The van der Waals surface area contributed by atoms with Gasteiger partial charge in [-0.3, -0.25) is 0 Å². The molecule has 1 aliphatic rings. The van der Waals surface area contributed by atoms with Crippen LogP contribution in [0.1, 0.15) is 67.7 Å². The Kier molecular flexibility index (Phi) is 9.87. The minimum Gasteiger partial charge on any atom is -0.462 e. The van der Waals surface area contributed by atoms with Gasteiger partial charge in [0.1, 0.15) is 5.57 Å². The topological polar surface area (TPSA) is 52.6 Å². The molecule has 0 saturated heterocycles. The van der Waals surface area contributed by atoms with Gasteiger partial charge in [-0.05, 0) is 70.4 Å². The quantitative estimate of drug-likeness (QED) is 0.164. The maximum absolute atomic E-state index is 12.1. The summed E-state index contributed by atoms with van der Waals surface area (Å²) in [5, 5.41) is 0. The van der Waals surface area contributed by atoms with E-state index in [2.05, 4.69) is 32.9 Å². The molecule has 0 aromatic rings. The lowest BCUT2D eigenvalue weighted by molar-refractivity contribution is -0.146. The number of allylic oxidation sites excluding steroid dienone is 9. The van der Waals surface area contributed by atoms with Crippen LogP contribution in [0.5, 0.6) is 0 Å². The van der Waals surface area contributed by atoms with E-state index in [4.69, 9.17) is 9.47 Å². The molecule has 29 heavy (non-hydrogen) atoms. The van der Waals surface area contributed by atoms with Gasteiger partial charge in [0.05, 0.1) is 13.2 Å². The molecule has 1 aliphatic carbocycles. The first-order chi connectivity index (χ1) is 13.6. The van der Waals surface area contributed by atoms with Gasteiger partial charge in [0.2, 0.25) is 0 Å². The predicted molar refractivity (Wildman–Crippen MR) is 118 cm³/mol. The first-order valence-electron chi connectivity index (χ1n) is 10.4. The molecule has 0 radical (unpaired) electrons. The average Bonchev–Trinajstić information content (AvgIpc) is 2.61. The summed E-state index contributed by atoms with van der Waals surface area (Å²) in [6, 6.07) is 0. The van der Waals surface area contributed by atoms with Gasteiger partial charge in [-0.2, -0.15) is 0 Å². The van der Waals surface area contributed by atoms with Gasteiger partial charge in [0, 0.05) is 0 Å². The van der Waals surface area contributed by atoms with Crippen molar-refractivity contribution in [2.24, 2.45) is 5.41 Å². The highest BCUT2D eigenvalue weighted by molar-refractivity contribution is 6.15. The van der Waals surface area contributed by atoms with Gasteiger partial charge < -0.3 is 9.47 Å². The van der Waals surface area contributed by atoms with Crippen molar-refractivity contribution in [3.63, 3.8) is 0 Å². The maximum atomic E-state index is 12.1. The van der Waals surface area contributed by atoms with E-state index in [0.29, 0.717) is 5.57 Å². The lowest BCUT2D eigenvalue weighted by Gasteiger charge is -2.32. The molecular weight excluding hydrogens is 364 g/mol. The molecule has 0 fully saturated rings. The number of ether oxygens (including phenoxy) is 2. The first kappa shape index (κ1) is 24.7. The van der Waals surface area contributed by atoms with E-state index >= 15 is 0 Å². The van der Waals surface area contributed by atoms with Crippen molar-refractivity contribution in [1.29, 1.82) is 0 Å². The number of carbonyl (C=O) groups excluding carboxylic acids is 2. The molecule has 0 spiro atoms. The third-order valence-electron chi connectivity index (χ3n) is 5.11. The molecule has 0 unspecified atom stereocenters. The summed E-state index contributed by atoms with van der Waals surface area (Å²) in [4.78, 5) is 24.2. The van der Waals surface area contributed by atoms with Crippen molar-refractivity contribution in [3.05, 3.63) is 58.2 Å². The molecule has 0 N–H and O–H groups in total. The highest BCUT2D eigenvalue weighted by Crippen LogP contribution is 2.40. The van der Waals surface area contributed by atoms with E-state index in [-0.39, 0.29) is 24.2 Å². The molecule has 4 nitrogen and oxygen atoms in total. The van der Waals surface area contributed by atoms with Crippen LogP contribution in [0.2, 0.25) is 0 Å². The molecule has 160 valence electrons. The zero-order chi connectivity index (χ0) is 22.0. The minimum absolute atomic E-state index is 0.0590. The second kappa shape index (κ2) is 11.6. The van der Waals surface area contributed by atoms with Gasteiger partial charge in [0.25, 0.3) is 0 Å². The van der Waals surface area contributed by atoms with Crippen molar-refractivity contribution in [3.8, 4) is 0 Å². The monoisotopic (exact) mass is 400 g/mol. The molecule has 0 aliphatic heterocycles. The number of hydrogen-bond acceptors (Lipinski definition) is 4. The van der Waals surface area contributed by atoms with Crippen molar-refractivity contribution < 1.29 is 19.1 Å². The average molecular weight is 401 g/mol. The van der Waals surface area contributed by atoms with Crippen LogP contribution in [0.25, 0.3) is 0 Å². The summed E-state index contributed by atoms with van der Waals surface area (Å²) in [5.74, 6) is -1.31. The van der Waals surface area contributed by atoms with Gasteiger partial charge in [-0.25, -0.2) is 9.59 Å². The summed E-state index contributed by atoms with van der Waals surface area (Å²) in [6.45, 7) is 14.4. The fourth-order valence-corrected chi connectivity index (χ4v) is 3.52. The number of carbonyl (C=O) groups is 2. The van der Waals surface area contributed by atoms with E-state index in [0.717, 1.165) is 5.57 Å². The SMILES string of the molecule is CCOC(=O)C(C(=O)OCC)=C(C)C=CC=C(C)C=CC1=C(C)CCCC1(C)C. The number of rotatable bonds is 8. The van der Waals surface area contributed by atoms with Crippen LogP contribution in [0.4, 0.5) is 0 Å². The van der Waals surface area contributed by atoms with Gasteiger partial charge >= 0.3 is 11.9 Å². The standard InChI is InChI=1S/C25H36O4/c1-8-28-23(26)22(24(27)29-9-2)20(5)13-10-12-18(3)15-16-21-19(4)14-11-17-25(21,6)7/h10,12-13,15-16H,8-9,11,14,17H2,1-7H3. The van der Waals surface area contributed by atoms with Crippen LogP contribution in [-0.4, -0.2) is 25.2 Å². The van der Waals surface area contributed by atoms with Crippen LogP contribution in [0.3, 0.4) is 0 Å². The van der Waals surface area contributed by atoms with Gasteiger partial charge in [-0.15, -0.1) is 0 Å². The van der Waals surface area contributed by atoms with E-state index in [1.165, 1.54) is 30.4 Å². The minimum atomic E-state index is -0.657. The van der Waals surface area contributed by atoms with Crippen LogP contribution in [-0.2, 0) is 19.1 Å². The Morgan fingerprint density at radius 2 is 1.62 bits per heavy atom. The molecule has 4 heteroatoms. The molecule has 0 saturated carbocycles. The Bertz CT molecular complexity index is 738. The van der Waals surface area contributed by atoms with Crippen molar-refractivity contribution in [2.75, 3.05) is 13.2 Å². The molecule has 0 atom stereocenters. The molecule has 0 aromatic carbocycles. The van der Waals surface area contributed by atoms with E-state index in [1.54, 1.807) is 26.8 Å². The summed E-state index contributed by atoms with van der Waals surface area (Å²) in [5.41, 5.74) is 4.64. The third-order valence-corrected chi connectivity index (χ3v) is 5.11. The molecule has 0 bridgehead atoms. The summed E-state index contributed by atoms with van der Waals surface area (Å²) < 4.78 is 9.98. The summed E-state index contributed by atoms with van der Waals surface area (Å²) >= 11 is 0. The largest absolute Gasteiger partial charge is 0.462 e. The number of hydrogen-bond donors (Lipinski definition) is 0. The maximum Gasteiger partial charge on any atom is 0.345 e. The predicted octanol–water partition coefficient (Wildman–Crippen LogP) is 6.01. The Balaban J connectivity index is 3.01.